The summed E-state index contributed by atoms with van der Waals surface area (Å²) in [4.78, 5) is 11.8. The van der Waals surface area contributed by atoms with Gasteiger partial charge in [-0.05, 0) is 29.3 Å². The third-order valence-electron chi connectivity index (χ3n) is 3.14. The van der Waals surface area contributed by atoms with Gasteiger partial charge in [-0.25, -0.2) is 0 Å². The van der Waals surface area contributed by atoms with E-state index < -0.39 is 0 Å². The van der Waals surface area contributed by atoms with Gasteiger partial charge in [0.2, 0.25) is 5.91 Å². The highest BCUT2D eigenvalue weighted by atomic mass is 16.5. The molecule has 4 heteroatoms. The molecular weight excluding hydrogens is 278 g/mol. The number of hydrogen-bond donors (Lipinski definition) is 1. The molecule has 0 saturated carbocycles. The van der Waals surface area contributed by atoms with Gasteiger partial charge in [0.1, 0.15) is 0 Å². The molecule has 2 aromatic carbocycles. The molecule has 0 aliphatic rings. The van der Waals surface area contributed by atoms with E-state index in [1.807, 2.05) is 42.5 Å². The van der Waals surface area contributed by atoms with Crippen molar-refractivity contribution >= 4 is 12.0 Å². The summed E-state index contributed by atoms with van der Waals surface area (Å²) in [6.07, 6.45) is 3.24. The molecule has 0 spiro atoms. The predicted octanol–water partition coefficient (Wildman–Crippen LogP) is 3.03. The van der Waals surface area contributed by atoms with Gasteiger partial charge in [-0.2, -0.15) is 0 Å². The van der Waals surface area contributed by atoms with Crippen LogP contribution in [0.15, 0.2) is 54.6 Å². The van der Waals surface area contributed by atoms with Crippen LogP contribution < -0.4 is 14.8 Å². The maximum absolute atomic E-state index is 11.8. The van der Waals surface area contributed by atoms with Crippen molar-refractivity contribution in [2.24, 2.45) is 0 Å². The van der Waals surface area contributed by atoms with Gasteiger partial charge in [-0.1, -0.05) is 36.4 Å². The predicted molar refractivity (Wildman–Crippen MR) is 86.9 cm³/mol. The third-order valence-corrected chi connectivity index (χ3v) is 3.14. The molecule has 0 heterocycles. The van der Waals surface area contributed by atoms with E-state index in [1.165, 1.54) is 6.08 Å². The van der Waals surface area contributed by atoms with E-state index in [4.69, 9.17) is 9.47 Å². The zero-order valence-corrected chi connectivity index (χ0v) is 12.7. The van der Waals surface area contributed by atoms with Crippen LogP contribution in [0.4, 0.5) is 0 Å². The molecule has 1 N–H and O–H groups in total. The highest BCUT2D eigenvalue weighted by Gasteiger charge is 2.03. The quantitative estimate of drug-likeness (QED) is 0.834. The first kappa shape index (κ1) is 15.6. The lowest BCUT2D eigenvalue weighted by Gasteiger charge is -2.07. The van der Waals surface area contributed by atoms with Crippen LogP contribution in [-0.2, 0) is 11.3 Å². The van der Waals surface area contributed by atoms with Crippen LogP contribution in [0.25, 0.3) is 6.08 Å². The average molecular weight is 297 g/mol. The molecule has 0 atom stereocenters. The maximum atomic E-state index is 11.8. The first-order valence-electron chi connectivity index (χ1n) is 6.95. The van der Waals surface area contributed by atoms with Gasteiger partial charge < -0.3 is 14.8 Å². The Morgan fingerprint density at radius 1 is 1.05 bits per heavy atom. The van der Waals surface area contributed by atoms with Crippen molar-refractivity contribution in [2.75, 3.05) is 14.2 Å². The van der Waals surface area contributed by atoms with Crippen molar-refractivity contribution in [3.05, 3.63) is 65.7 Å². The van der Waals surface area contributed by atoms with Crippen LogP contribution in [0.2, 0.25) is 0 Å². The fourth-order valence-electron chi connectivity index (χ4n) is 1.97. The lowest BCUT2D eigenvalue weighted by Crippen LogP contribution is -2.20. The monoisotopic (exact) mass is 297 g/mol. The minimum atomic E-state index is -0.140. The molecule has 2 aromatic rings. The van der Waals surface area contributed by atoms with E-state index in [-0.39, 0.29) is 5.91 Å². The van der Waals surface area contributed by atoms with Gasteiger partial charge in [0.05, 0.1) is 14.2 Å². The molecule has 0 radical (unpaired) electrons. The van der Waals surface area contributed by atoms with Gasteiger partial charge in [-0.3, -0.25) is 4.79 Å². The summed E-state index contributed by atoms with van der Waals surface area (Å²) in [5.74, 6) is 1.15. The molecule has 0 aliphatic carbocycles. The van der Waals surface area contributed by atoms with Gasteiger partial charge in [0.15, 0.2) is 11.5 Å². The molecule has 114 valence electrons. The Balaban J connectivity index is 1.95. The number of nitrogens with one attached hydrogen (secondary N) is 1. The largest absolute Gasteiger partial charge is 0.493 e. The van der Waals surface area contributed by atoms with Crippen LogP contribution >= 0.6 is 0 Å². The number of methoxy groups -OCH3 is 2. The highest BCUT2D eigenvalue weighted by Crippen LogP contribution is 2.27. The molecule has 0 aliphatic heterocycles. The van der Waals surface area contributed by atoms with E-state index in [2.05, 4.69) is 5.32 Å². The van der Waals surface area contributed by atoms with Crippen molar-refractivity contribution in [2.45, 2.75) is 6.54 Å². The van der Waals surface area contributed by atoms with Gasteiger partial charge in [-0.15, -0.1) is 0 Å². The summed E-state index contributed by atoms with van der Waals surface area (Å²) in [5.41, 5.74) is 1.93. The van der Waals surface area contributed by atoms with Gasteiger partial charge >= 0.3 is 0 Å². The topological polar surface area (TPSA) is 47.6 Å². The zero-order valence-electron chi connectivity index (χ0n) is 12.7. The maximum Gasteiger partial charge on any atom is 0.244 e. The fraction of sp³-hybridized carbons (Fsp3) is 0.167. The van der Waals surface area contributed by atoms with E-state index >= 15 is 0 Å². The molecule has 0 bridgehead atoms. The number of hydrogen-bond acceptors (Lipinski definition) is 3. The van der Waals surface area contributed by atoms with Crippen molar-refractivity contribution in [1.29, 1.82) is 0 Å². The molecular formula is C18H19NO3. The fourth-order valence-corrected chi connectivity index (χ4v) is 1.97. The summed E-state index contributed by atoms with van der Waals surface area (Å²) < 4.78 is 10.4. The van der Waals surface area contributed by atoms with Crippen molar-refractivity contribution in [3.63, 3.8) is 0 Å². The van der Waals surface area contributed by atoms with Crippen LogP contribution in [0, 0.1) is 0 Å². The van der Waals surface area contributed by atoms with Gasteiger partial charge in [0, 0.05) is 12.6 Å². The Hall–Kier alpha value is -2.75. The SMILES string of the molecule is COc1ccc(C=CC(=O)NCc2ccccc2)cc1OC. The second-order valence-corrected chi connectivity index (χ2v) is 4.65. The molecule has 4 nitrogen and oxygen atoms in total. The van der Waals surface area contributed by atoms with Crippen molar-refractivity contribution in [1.82, 2.24) is 5.32 Å². The van der Waals surface area contributed by atoms with E-state index in [1.54, 1.807) is 26.4 Å². The molecule has 0 aromatic heterocycles. The Morgan fingerprint density at radius 2 is 1.77 bits per heavy atom. The molecule has 1 amide bonds. The highest BCUT2D eigenvalue weighted by molar-refractivity contribution is 5.91. The zero-order chi connectivity index (χ0) is 15.8. The molecule has 2 rings (SSSR count). The Bertz CT molecular complexity index is 651. The second-order valence-electron chi connectivity index (χ2n) is 4.65. The van der Waals surface area contributed by atoms with E-state index in [0.717, 1.165) is 11.1 Å². The number of carbonyl (C=O) groups excluding carboxylic acids is 1. The lowest BCUT2D eigenvalue weighted by molar-refractivity contribution is -0.116. The summed E-state index contributed by atoms with van der Waals surface area (Å²) in [5, 5.41) is 2.84. The standard InChI is InChI=1S/C18H19NO3/c1-21-16-10-8-14(12-17(16)22-2)9-11-18(20)19-13-15-6-4-3-5-7-15/h3-12H,13H2,1-2H3,(H,19,20). The van der Waals surface area contributed by atoms with Crippen LogP contribution in [0.1, 0.15) is 11.1 Å². The number of carbonyl (C=O) groups is 1. The van der Waals surface area contributed by atoms with Crippen molar-refractivity contribution in [3.8, 4) is 11.5 Å². The number of rotatable bonds is 6. The van der Waals surface area contributed by atoms with E-state index in [9.17, 15) is 4.79 Å². The van der Waals surface area contributed by atoms with Gasteiger partial charge in [0.25, 0.3) is 0 Å². The first-order chi connectivity index (χ1) is 10.7. The summed E-state index contributed by atoms with van der Waals surface area (Å²) >= 11 is 0. The van der Waals surface area contributed by atoms with E-state index in [0.29, 0.717) is 18.0 Å². The number of amides is 1. The lowest BCUT2D eigenvalue weighted by atomic mass is 10.2. The second kappa shape index (κ2) is 7.88. The Kier molecular flexibility index (Phi) is 5.60. The average Bonchev–Trinajstić information content (AvgIpc) is 2.58. The normalized spacial score (nSPS) is 10.5. The third kappa shape index (κ3) is 4.38. The van der Waals surface area contributed by atoms with Crippen LogP contribution in [-0.4, -0.2) is 20.1 Å². The summed E-state index contributed by atoms with van der Waals surface area (Å²) in [7, 11) is 3.17. The Labute approximate surface area is 130 Å². The van der Waals surface area contributed by atoms with Crippen LogP contribution in [0.5, 0.6) is 11.5 Å². The number of ether oxygens (including phenoxy) is 2. The van der Waals surface area contributed by atoms with Crippen LogP contribution in [0.3, 0.4) is 0 Å². The molecule has 0 saturated heterocycles. The molecule has 22 heavy (non-hydrogen) atoms. The van der Waals surface area contributed by atoms with Crippen molar-refractivity contribution < 1.29 is 14.3 Å². The summed E-state index contributed by atoms with van der Waals surface area (Å²) in [6, 6.07) is 15.3. The summed E-state index contributed by atoms with van der Waals surface area (Å²) in [6.45, 7) is 0.510. The number of benzene rings is 2. The minimum absolute atomic E-state index is 0.140. The smallest absolute Gasteiger partial charge is 0.244 e. The Morgan fingerprint density at radius 3 is 2.45 bits per heavy atom. The first-order valence-corrected chi connectivity index (χ1v) is 6.95. The molecule has 0 fully saturated rings. The minimum Gasteiger partial charge on any atom is -0.493 e. The molecule has 0 unspecified atom stereocenters.